The number of aromatic nitrogens is 2. The molecule has 3 rings (SSSR count). The average Bonchev–Trinajstić information content (AvgIpc) is 2.96. The first-order valence-corrected chi connectivity index (χ1v) is 8.09. The number of nitrogens with one attached hydrogen (secondary N) is 2. The van der Waals surface area contributed by atoms with E-state index in [1.54, 1.807) is 6.20 Å². The molecule has 1 aromatic carbocycles. The fraction of sp³-hybridized carbons (Fsp3) is 0.176. The summed E-state index contributed by atoms with van der Waals surface area (Å²) >= 11 is 3.43. The number of pyridine rings is 1. The molecular formula is C17H16BrN3O2. The second-order valence-electron chi connectivity index (χ2n) is 5.03. The van der Waals surface area contributed by atoms with Crippen LogP contribution in [0.2, 0.25) is 0 Å². The van der Waals surface area contributed by atoms with Crippen LogP contribution in [-0.2, 0) is 6.54 Å². The first-order chi connectivity index (χ1) is 11.2. The van der Waals surface area contributed by atoms with E-state index in [9.17, 15) is 4.79 Å². The molecule has 0 radical (unpaired) electrons. The topological polar surface area (TPSA) is 67.0 Å². The largest absolute Gasteiger partial charge is 0.478 e. The number of hydrogen-bond donors (Lipinski definition) is 2. The van der Waals surface area contributed by atoms with Crippen molar-refractivity contribution in [2.45, 2.75) is 13.5 Å². The van der Waals surface area contributed by atoms with Crippen LogP contribution in [0.1, 0.15) is 23.0 Å². The molecule has 6 heteroatoms. The number of carbonyl (C=O) groups is 1. The smallest absolute Gasteiger partial charge is 0.267 e. The molecule has 118 valence electrons. The predicted molar refractivity (Wildman–Crippen MR) is 92.6 cm³/mol. The minimum atomic E-state index is -0.146. The van der Waals surface area contributed by atoms with E-state index >= 15 is 0 Å². The van der Waals surface area contributed by atoms with E-state index in [1.807, 2.05) is 43.3 Å². The first-order valence-electron chi connectivity index (χ1n) is 7.30. The Labute approximate surface area is 142 Å². The zero-order valence-electron chi connectivity index (χ0n) is 12.6. The van der Waals surface area contributed by atoms with Gasteiger partial charge >= 0.3 is 0 Å². The zero-order valence-corrected chi connectivity index (χ0v) is 14.2. The molecule has 1 amide bonds. The number of carbonyl (C=O) groups excluding carboxylic acids is 1. The van der Waals surface area contributed by atoms with Crippen molar-refractivity contribution in [1.82, 2.24) is 15.3 Å². The third-order valence-electron chi connectivity index (χ3n) is 3.37. The lowest BCUT2D eigenvalue weighted by molar-refractivity contribution is 0.0946. The molecule has 5 nitrogen and oxygen atoms in total. The molecule has 2 aromatic heterocycles. The lowest BCUT2D eigenvalue weighted by atomic mass is 10.2. The summed E-state index contributed by atoms with van der Waals surface area (Å²) in [4.78, 5) is 19.5. The Morgan fingerprint density at radius 3 is 3.00 bits per heavy atom. The van der Waals surface area contributed by atoms with Crippen molar-refractivity contribution in [3.63, 3.8) is 0 Å². The number of hydrogen-bond acceptors (Lipinski definition) is 3. The fourth-order valence-corrected chi connectivity index (χ4v) is 2.67. The van der Waals surface area contributed by atoms with E-state index in [1.165, 1.54) is 0 Å². The molecule has 23 heavy (non-hydrogen) atoms. The third-order valence-corrected chi connectivity index (χ3v) is 3.87. The lowest BCUT2D eigenvalue weighted by Crippen LogP contribution is -2.23. The maximum Gasteiger partial charge on any atom is 0.267 e. The monoisotopic (exact) mass is 373 g/mol. The minimum absolute atomic E-state index is 0.146. The molecule has 3 aromatic rings. The standard InChI is InChI=1S/C17H16BrN3O2/c1-2-23-16-7-11(5-6-19-16)10-20-17(22)15-9-12-8-13(18)3-4-14(12)21-15/h3-9,21H,2,10H2,1H3,(H,20,22). The van der Waals surface area contributed by atoms with Gasteiger partial charge in [0.1, 0.15) is 5.69 Å². The molecule has 0 aliphatic carbocycles. The maximum absolute atomic E-state index is 12.3. The summed E-state index contributed by atoms with van der Waals surface area (Å²) in [5.41, 5.74) is 2.41. The molecule has 0 aliphatic rings. The van der Waals surface area contributed by atoms with E-state index < -0.39 is 0 Å². The lowest BCUT2D eigenvalue weighted by Gasteiger charge is -2.06. The number of benzene rings is 1. The van der Waals surface area contributed by atoms with Gasteiger partial charge in [0.05, 0.1) is 6.61 Å². The molecule has 0 saturated carbocycles. The van der Waals surface area contributed by atoms with Crippen LogP contribution in [0.3, 0.4) is 0 Å². The van der Waals surface area contributed by atoms with Gasteiger partial charge in [-0.2, -0.15) is 0 Å². The van der Waals surface area contributed by atoms with Crippen molar-refractivity contribution in [2.75, 3.05) is 6.61 Å². The van der Waals surface area contributed by atoms with Gasteiger partial charge in [-0.15, -0.1) is 0 Å². The number of H-pyrrole nitrogens is 1. The Morgan fingerprint density at radius 2 is 2.17 bits per heavy atom. The number of nitrogens with zero attached hydrogens (tertiary/aromatic N) is 1. The third kappa shape index (κ3) is 3.71. The van der Waals surface area contributed by atoms with Gasteiger partial charge in [0.15, 0.2) is 0 Å². The molecule has 0 saturated heterocycles. The van der Waals surface area contributed by atoms with E-state index in [4.69, 9.17) is 4.74 Å². The van der Waals surface area contributed by atoms with Crippen molar-refractivity contribution in [2.24, 2.45) is 0 Å². The second kappa shape index (κ2) is 6.83. The number of fused-ring (bicyclic) bond motifs is 1. The number of ether oxygens (including phenoxy) is 1. The van der Waals surface area contributed by atoms with Crippen LogP contribution in [0.15, 0.2) is 47.1 Å². The van der Waals surface area contributed by atoms with Crippen LogP contribution < -0.4 is 10.1 Å². The SMILES string of the molecule is CCOc1cc(CNC(=O)c2cc3cc(Br)ccc3[nH]2)ccn1. The number of amides is 1. The van der Waals surface area contributed by atoms with Crippen molar-refractivity contribution < 1.29 is 9.53 Å². The molecular weight excluding hydrogens is 358 g/mol. The zero-order chi connectivity index (χ0) is 16.2. The van der Waals surface area contributed by atoms with Crippen molar-refractivity contribution in [3.05, 3.63) is 58.3 Å². The van der Waals surface area contributed by atoms with Gasteiger partial charge in [-0.3, -0.25) is 4.79 Å². The number of rotatable bonds is 5. The number of halogens is 1. The molecule has 0 bridgehead atoms. The van der Waals surface area contributed by atoms with Crippen LogP contribution in [0, 0.1) is 0 Å². The van der Waals surface area contributed by atoms with Gasteiger partial charge in [-0.25, -0.2) is 4.98 Å². The summed E-state index contributed by atoms with van der Waals surface area (Å²) in [5, 5.41) is 3.89. The fourth-order valence-electron chi connectivity index (χ4n) is 2.29. The summed E-state index contributed by atoms with van der Waals surface area (Å²) in [6.45, 7) is 2.89. The molecule has 0 atom stereocenters. The predicted octanol–water partition coefficient (Wildman–Crippen LogP) is 3.65. The Kier molecular flexibility index (Phi) is 4.62. The molecule has 2 N–H and O–H groups in total. The van der Waals surface area contributed by atoms with Crippen molar-refractivity contribution >= 4 is 32.7 Å². The van der Waals surface area contributed by atoms with Gasteiger partial charge in [-0.05, 0) is 42.8 Å². The summed E-state index contributed by atoms with van der Waals surface area (Å²) in [7, 11) is 0. The Hall–Kier alpha value is -2.34. The molecule has 2 heterocycles. The van der Waals surface area contributed by atoms with Crippen LogP contribution >= 0.6 is 15.9 Å². The highest BCUT2D eigenvalue weighted by Crippen LogP contribution is 2.20. The highest BCUT2D eigenvalue weighted by Gasteiger charge is 2.09. The van der Waals surface area contributed by atoms with Gasteiger partial charge < -0.3 is 15.0 Å². The van der Waals surface area contributed by atoms with Crippen molar-refractivity contribution in [1.29, 1.82) is 0 Å². The van der Waals surface area contributed by atoms with Gasteiger partial charge in [0.2, 0.25) is 5.88 Å². The normalized spacial score (nSPS) is 10.7. The van der Waals surface area contributed by atoms with E-state index in [2.05, 4.69) is 31.2 Å². The van der Waals surface area contributed by atoms with Crippen molar-refractivity contribution in [3.8, 4) is 5.88 Å². The van der Waals surface area contributed by atoms with E-state index in [-0.39, 0.29) is 5.91 Å². The minimum Gasteiger partial charge on any atom is -0.478 e. The summed E-state index contributed by atoms with van der Waals surface area (Å²) in [6, 6.07) is 11.4. The van der Waals surface area contributed by atoms with Gasteiger partial charge in [0.25, 0.3) is 5.91 Å². The molecule has 0 spiro atoms. The van der Waals surface area contributed by atoms with Crippen LogP contribution in [0.4, 0.5) is 0 Å². The van der Waals surface area contributed by atoms with Gasteiger partial charge in [-0.1, -0.05) is 15.9 Å². The van der Waals surface area contributed by atoms with Crippen LogP contribution in [-0.4, -0.2) is 22.5 Å². The summed E-state index contributed by atoms with van der Waals surface area (Å²) < 4.78 is 6.34. The van der Waals surface area contributed by atoms with Crippen LogP contribution in [0.5, 0.6) is 5.88 Å². The molecule has 0 fully saturated rings. The van der Waals surface area contributed by atoms with E-state index in [0.717, 1.165) is 20.9 Å². The average molecular weight is 374 g/mol. The maximum atomic E-state index is 12.3. The number of aromatic amines is 1. The van der Waals surface area contributed by atoms with Crippen LogP contribution in [0.25, 0.3) is 10.9 Å². The summed E-state index contributed by atoms with van der Waals surface area (Å²) in [6.07, 6.45) is 1.67. The van der Waals surface area contributed by atoms with E-state index in [0.29, 0.717) is 24.7 Å². The quantitative estimate of drug-likeness (QED) is 0.717. The summed E-state index contributed by atoms with van der Waals surface area (Å²) in [5.74, 6) is 0.418. The first kappa shape index (κ1) is 15.6. The van der Waals surface area contributed by atoms with Gasteiger partial charge in [0, 0.05) is 34.2 Å². The Morgan fingerprint density at radius 1 is 1.30 bits per heavy atom. The molecule has 0 aliphatic heterocycles. The second-order valence-corrected chi connectivity index (χ2v) is 5.95. The Balaban J connectivity index is 1.69. The Bertz CT molecular complexity index is 845. The highest BCUT2D eigenvalue weighted by atomic mass is 79.9. The highest BCUT2D eigenvalue weighted by molar-refractivity contribution is 9.10. The molecule has 0 unspecified atom stereocenters.